The van der Waals surface area contributed by atoms with Crippen LogP contribution in [0.2, 0.25) is 0 Å². The van der Waals surface area contributed by atoms with Crippen molar-refractivity contribution in [1.82, 2.24) is 19.3 Å². The number of rotatable bonds is 9. The van der Waals surface area contributed by atoms with Crippen molar-refractivity contribution < 1.29 is 14.3 Å². The lowest BCUT2D eigenvalue weighted by molar-refractivity contribution is 0.0990. The smallest absolute Gasteiger partial charge is 0.282 e. The molecular weight excluding hydrogens is 528 g/mol. The van der Waals surface area contributed by atoms with E-state index in [-0.39, 0.29) is 23.3 Å². The van der Waals surface area contributed by atoms with Gasteiger partial charge < -0.3 is 9.47 Å². The summed E-state index contributed by atoms with van der Waals surface area (Å²) in [5, 5.41) is 0.836. The van der Waals surface area contributed by atoms with Gasteiger partial charge in [0.25, 0.3) is 5.56 Å². The fourth-order valence-corrected chi connectivity index (χ4v) is 5.02. The number of hydrogen-bond acceptors (Lipinski definition) is 6. The monoisotopic (exact) mass is 556 g/mol. The van der Waals surface area contributed by atoms with Crippen LogP contribution in [-0.2, 0) is 13.0 Å². The van der Waals surface area contributed by atoms with E-state index in [2.05, 4.69) is 9.97 Å². The molecule has 8 nitrogen and oxygen atoms in total. The zero-order valence-electron chi connectivity index (χ0n) is 23.2. The summed E-state index contributed by atoms with van der Waals surface area (Å²) < 4.78 is 14.8. The molecule has 0 fully saturated rings. The topological polar surface area (TPSA) is 88.2 Å². The van der Waals surface area contributed by atoms with Crippen LogP contribution in [0.25, 0.3) is 16.6 Å². The van der Waals surface area contributed by atoms with E-state index in [1.165, 1.54) is 0 Å². The zero-order chi connectivity index (χ0) is 29.1. The molecule has 0 saturated heterocycles. The van der Waals surface area contributed by atoms with Crippen LogP contribution in [0, 0.1) is 6.92 Å². The summed E-state index contributed by atoms with van der Waals surface area (Å²) >= 11 is 0. The van der Waals surface area contributed by atoms with Gasteiger partial charge in [0, 0.05) is 29.0 Å². The Labute approximate surface area is 242 Å². The highest BCUT2D eigenvalue weighted by atomic mass is 16.5. The quantitative estimate of drug-likeness (QED) is 0.198. The fourth-order valence-electron chi connectivity index (χ4n) is 5.02. The summed E-state index contributed by atoms with van der Waals surface area (Å²) in [5.41, 5.74) is 3.44. The van der Waals surface area contributed by atoms with Crippen LogP contribution >= 0.6 is 0 Å². The molecule has 42 heavy (non-hydrogen) atoms. The minimum atomic E-state index is -0.346. The van der Waals surface area contributed by atoms with E-state index in [0.29, 0.717) is 40.9 Å². The number of Topliss-reactive ketones (excluding diaryl/α,β-unsaturated/α-hetero) is 1. The Hall–Kier alpha value is -5.50. The highest BCUT2D eigenvalue weighted by molar-refractivity contribution is 5.98. The number of aromatic nitrogens is 4. The highest BCUT2D eigenvalue weighted by Gasteiger charge is 2.24. The Balaban J connectivity index is 1.26. The zero-order valence-corrected chi connectivity index (χ0v) is 23.2. The van der Waals surface area contributed by atoms with Gasteiger partial charge in [-0.15, -0.1) is 0 Å². The summed E-state index contributed by atoms with van der Waals surface area (Å²) in [6.07, 6.45) is 3.23. The van der Waals surface area contributed by atoms with Gasteiger partial charge in [-0.05, 0) is 55.0 Å². The SMILES string of the molecule is COc1ccc2c(Oc3ccc(CC(=O)c4c(C)n(Cc5ccccc5)n(-c5ccccc5)c4=O)nc3)ccnc2c1. The molecule has 0 atom stereocenters. The van der Waals surface area contributed by atoms with Gasteiger partial charge in [0.2, 0.25) is 0 Å². The molecule has 0 radical (unpaired) electrons. The Kier molecular flexibility index (Phi) is 7.34. The van der Waals surface area contributed by atoms with Gasteiger partial charge in [0.15, 0.2) is 5.78 Å². The van der Waals surface area contributed by atoms with Crippen molar-refractivity contribution in [2.24, 2.45) is 0 Å². The summed E-state index contributed by atoms with van der Waals surface area (Å²) in [5.74, 6) is 1.57. The number of methoxy groups -OCH3 is 1. The molecule has 3 aromatic carbocycles. The molecule has 0 bridgehead atoms. The van der Waals surface area contributed by atoms with Gasteiger partial charge in [0.1, 0.15) is 22.8 Å². The number of benzene rings is 3. The van der Waals surface area contributed by atoms with E-state index >= 15 is 0 Å². The molecule has 0 spiro atoms. The predicted molar refractivity (Wildman–Crippen MR) is 161 cm³/mol. The average Bonchev–Trinajstić information content (AvgIpc) is 3.27. The molecule has 3 heterocycles. The van der Waals surface area contributed by atoms with Crippen LogP contribution in [0.3, 0.4) is 0 Å². The van der Waals surface area contributed by atoms with E-state index in [1.54, 1.807) is 42.4 Å². The number of ether oxygens (including phenoxy) is 2. The van der Waals surface area contributed by atoms with E-state index in [4.69, 9.17) is 9.47 Å². The highest BCUT2D eigenvalue weighted by Crippen LogP contribution is 2.30. The lowest BCUT2D eigenvalue weighted by Crippen LogP contribution is -2.24. The maximum atomic E-state index is 13.7. The van der Waals surface area contributed by atoms with Gasteiger partial charge in [-0.2, -0.15) is 0 Å². The molecule has 0 N–H and O–H groups in total. The number of carbonyl (C=O) groups is 1. The Bertz CT molecular complexity index is 1930. The van der Waals surface area contributed by atoms with Crippen LogP contribution in [0.1, 0.15) is 27.3 Å². The average molecular weight is 557 g/mol. The van der Waals surface area contributed by atoms with Crippen LogP contribution in [0.5, 0.6) is 17.2 Å². The molecule has 0 amide bonds. The number of hydrogen-bond donors (Lipinski definition) is 0. The van der Waals surface area contributed by atoms with Gasteiger partial charge in [0.05, 0.1) is 37.5 Å². The third kappa shape index (κ3) is 5.30. The minimum Gasteiger partial charge on any atom is -0.497 e. The summed E-state index contributed by atoms with van der Waals surface area (Å²) in [7, 11) is 1.61. The van der Waals surface area contributed by atoms with E-state index < -0.39 is 0 Å². The van der Waals surface area contributed by atoms with Gasteiger partial charge >= 0.3 is 0 Å². The molecule has 0 aliphatic carbocycles. The van der Waals surface area contributed by atoms with E-state index in [9.17, 15) is 9.59 Å². The van der Waals surface area contributed by atoms with Crippen LogP contribution in [0.4, 0.5) is 0 Å². The minimum absolute atomic E-state index is 0.0154. The van der Waals surface area contributed by atoms with E-state index in [0.717, 1.165) is 16.5 Å². The first-order chi connectivity index (χ1) is 20.5. The van der Waals surface area contributed by atoms with Crippen molar-refractivity contribution in [2.45, 2.75) is 19.9 Å². The number of nitrogens with zero attached hydrogens (tertiary/aromatic N) is 4. The molecule has 0 aliphatic rings. The second kappa shape index (κ2) is 11.5. The van der Waals surface area contributed by atoms with Crippen LogP contribution in [-0.4, -0.2) is 32.2 Å². The number of pyridine rings is 2. The first kappa shape index (κ1) is 26.7. The van der Waals surface area contributed by atoms with Crippen molar-refractivity contribution in [3.8, 4) is 22.9 Å². The molecule has 0 saturated carbocycles. The Morgan fingerprint density at radius 2 is 1.60 bits per heavy atom. The largest absolute Gasteiger partial charge is 0.497 e. The number of fused-ring (bicyclic) bond motifs is 1. The van der Waals surface area contributed by atoms with Gasteiger partial charge in [-0.25, -0.2) is 4.68 Å². The summed E-state index contributed by atoms with van der Waals surface area (Å²) in [6.45, 7) is 2.26. The Morgan fingerprint density at radius 1 is 0.857 bits per heavy atom. The van der Waals surface area contributed by atoms with Crippen molar-refractivity contribution in [2.75, 3.05) is 7.11 Å². The van der Waals surface area contributed by atoms with Crippen LogP contribution in [0.15, 0.2) is 114 Å². The molecule has 0 unspecified atom stereocenters. The fraction of sp³-hybridized carbons (Fsp3) is 0.118. The molecule has 6 rings (SSSR count). The molecule has 3 aromatic heterocycles. The normalized spacial score (nSPS) is 11.0. The lowest BCUT2D eigenvalue weighted by atomic mass is 10.1. The maximum absolute atomic E-state index is 13.7. The summed E-state index contributed by atoms with van der Waals surface area (Å²) in [6, 6.07) is 30.1. The van der Waals surface area contributed by atoms with Gasteiger partial charge in [-0.3, -0.25) is 24.2 Å². The number of para-hydroxylation sites is 1. The van der Waals surface area contributed by atoms with Crippen LogP contribution < -0.4 is 15.0 Å². The van der Waals surface area contributed by atoms with Crippen molar-refractivity contribution in [1.29, 1.82) is 0 Å². The van der Waals surface area contributed by atoms with E-state index in [1.807, 2.05) is 90.5 Å². The predicted octanol–water partition coefficient (Wildman–Crippen LogP) is 6.17. The van der Waals surface area contributed by atoms with Gasteiger partial charge in [-0.1, -0.05) is 48.5 Å². The molecule has 0 aliphatic heterocycles. The maximum Gasteiger partial charge on any atom is 0.282 e. The third-order valence-corrected chi connectivity index (χ3v) is 7.13. The molecule has 8 heteroatoms. The number of carbonyl (C=O) groups excluding carboxylic acids is 1. The Morgan fingerprint density at radius 3 is 2.31 bits per heavy atom. The van der Waals surface area contributed by atoms with Crippen molar-refractivity contribution in [3.05, 3.63) is 142 Å². The third-order valence-electron chi connectivity index (χ3n) is 7.13. The molecular formula is C34H28N4O4. The first-order valence-corrected chi connectivity index (χ1v) is 13.5. The van der Waals surface area contributed by atoms with Crippen molar-refractivity contribution >= 4 is 16.7 Å². The number of ketones is 1. The second-order valence-corrected chi connectivity index (χ2v) is 9.84. The summed E-state index contributed by atoms with van der Waals surface area (Å²) in [4.78, 5) is 36.1. The second-order valence-electron chi connectivity index (χ2n) is 9.84. The first-order valence-electron chi connectivity index (χ1n) is 13.5. The standard InChI is InChI=1S/C34H28N4O4/c1-23-33(34(40)38(26-11-7-4-8-12-26)37(23)22-24-9-5-3-6-10-24)31(39)19-25-13-14-28(21-36-25)42-32-17-18-35-30-20-27(41-2)15-16-29(30)32/h3-18,20-21H,19,22H2,1-2H3. The lowest BCUT2D eigenvalue weighted by Gasteiger charge is -2.13. The van der Waals surface area contributed by atoms with Crippen molar-refractivity contribution in [3.63, 3.8) is 0 Å². The molecule has 208 valence electrons. The molecule has 6 aromatic rings.